The predicted octanol–water partition coefficient (Wildman–Crippen LogP) is 15.5. The van der Waals surface area contributed by atoms with Crippen LogP contribution in [-0.2, 0) is 17.8 Å². The lowest BCUT2D eigenvalue weighted by molar-refractivity contribution is 0.181. The van der Waals surface area contributed by atoms with Crippen LogP contribution in [0.2, 0.25) is 0 Å². The number of para-hydroxylation sites is 1. The summed E-state index contributed by atoms with van der Waals surface area (Å²) >= 11 is 0. The fourth-order valence-electron chi connectivity index (χ4n) is 9.73. The number of nitrogens with zero attached hydrogens (tertiary/aromatic N) is 24. The van der Waals surface area contributed by atoms with Crippen LogP contribution in [0.1, 0.15) is 189 Å². The van der Waals surface area contributed by atoms with E-state index in [1.54, 1.807) is 29.0 Å². The van der Waals surface area contributed by atoms with Crippen LogP contribution in [0.5, 0.6) is 0 Å². The maximum Gasteiger partial charge on any atom is 0.148 e. The number of hydrogen-bond donors (Lipinski definition) is 0. The predicted molar refractivity (Wildman–Crippen MR) is 384 cm³/mol. The van der Waals surface area contributed by atoms with E-state index >= 15 is 0 Å². The van der Waals surface area contributed by atoms with Gasteiger partial charge in [-0.1, -0.05) is 160 Å². The van der Waals surface area contributed by atoms with Crippen LogP contribution >= 0.6 is 0 Å². The third-order valence-electron chi connectivity index (χ3n) is 14.8. The summed E-state index contributed by atoms with van der Waals surface area (Å²) in [5, 5.41) is 64.8. The van der Waals surface area contributed by atoms with Crippen LogP contribution in [0.15, 0.2) is 171 Å². The van der Waals surface area contributed by atoms with Crippen molar-refractivity contribution in [1.29, 1.82) is 0 Å². The average Bonchev–Trinajstić information content (AvgIpc) is 1.68. The highest BCUT2D eigenvalue weighted by atomic mass is 16.5. The first kappa shape index (κ1) is 75.7. The molecule has 0 amide bonds. The fraction of sp³-hybridized carbons (Fsp3) is 0.417. The van der Waals surface area contributed by atoms with E-state index in [1.165, 1.54) is 22.2 Å². The first-order valence-corrected chi connectivity index (χ1v) is 33.2. The van der Waals surface area contributed by atoms with Crippen molar-refractivity contribution < 1.29 is 4.74 Å². The Morgan fingerprint density at radius 2 is 0.959 bits per heavy atom. The van der Waals surface area contributed by atoms with Crippen LogP contribution in [0.4, 0.5) is 0 Å². The Kier molecular flexibility index (Phi) is 29.9. The summed E-state index contributed by atoms with van der Waals surface area (Å²) in [6.07, 6.45) is 10.4. The molecule has 0 bridgehead atoms. The number of ether oxygens (including phenoxy) is 1. The Morgan fingerprint density at radius 3 is 1.45 bits per heavy atom. The number of methoxy groups -OCH3 is 1. The molecule has 0 saturated carbocycles. The zero-order valence-corrected chi connectivity index (χ0v) is 60.3. The molecule has 5 aromatic carbocycles. The van der Waals surface area contributed by atoms with Crippen LogP contribution in [0.25, 0.3) is 55.6 Å². The molecular weight excluding hydrogens is 1220 g/mol. The lowest BCUT2D eigenvalue weighted by Gasteiger charge is -2.11. The highest BCUT2D eigenvalue weighted by molar-refractivity contribution is 5.85. The SMILES string of the molecule is CC(C)n1cnnn1.CC(C)n1nnc(-c2ccccc2)c1-c1ccccc1.CC(C)n1nnc2ccccc21.CC(C)n1nncc1-c1ccccc1.CCc1cnnn1C(C)C.COCc1cn(C(C)C)nn1.Cc1c2ccccc2cn1C(C)C.Cc1nnnn1C(C)C. The zero-order valence-electron chi connectivity index (χ0n) is 60.3. The number of aromatic nitrogens is 24. The normalized spacial score (nSPS) is 10.9. The van der Waals surface area contributed by atoms with E-state index in [-0.39, 0.29) is 6.04 Å². The van der Waals surface area contributed by atoms with E-state index in [0.717, 1.165) is 62.7 Å². The van der Waals surface area contributed by atoms with Crippen molar-refractivity contribution in [3.63, 3.8) is 0 Å². The van der Waals surface area contributed by atoms with Gasteiger partial charge < -0.3 is 9.30 Å². The second-order valence-electron chi connectivity index (χ2n) is 25.0. The smallest absolute Gasteiger partial charge is 0.148 e. The number of hydrogen-bond acceptors (Lipinski definition) is 17. The molecule has 0 radical (unpaired) electrons. The first-order valence-electron chi connectivity index (χ1n) is 33.2. The largest absolute Gasteiger partial charge is 0.378 e. The Bertz CT molecular complexity index is 4240. The second-order valence-corrected chi connectivity index (χ2v) is 25.0. The monoisotopic (exact) mass is 1320 g/mol. The van der Waals surface area contributed by atoms with Gasteiger partial charge in [-0.25, -0.2) is 32.8 Å². The van der Waals surface area contributed by atoms with E-state index in [2.05, 4.69) is 251 Å². The van der Waals surface area contributed by atoms with Gasteiger partial charge in [-0.05, 0) is 169 Å². The van der Waals surface area contributed by atoms with Gasteiger partial charge in [0, 0.05) is 83.4 Å². The molecule has 0 N–H and O–H groups in total. The zero-order chi connectivity index (χ0) is 70.6. The minimum Gasteiger partial charge on any atom is -0.378 e. The summed E-state index contributed by atoms with van der Waals surface area (Å²) < 4.78 is 20.3. The Labute approximate surface area is 571 Å². The summed E-state index contributed by atoms with van der Waals surface area (Å²) in [7, 11) is 1.65. The van der Waals surface area contributed by atoms with Crippen molar-refractivity contribution in [2.75, 3.05) is 7.11 Å². The van der Waals surface area contributed by atoms with Crippen molar-refractivity contribution in [3.05, 3.63) is 194 Å². The van der Waals surface area contributed by atoms with E-state index in [9.17, 15) is 0 Å². The van der Waals surface area contributed by atoms with Crippen LogP contribution < -0.4 is 0 Å². The number of tetrazole rings is 2. The number of rotatable bonds is 14. The van der Waals surface area contributed by atoms with Gasteiger partial charge >= 0.3 is 0 Å². The van der Waals surface area contributed by atoms with Crippen LogP contribution in [-0.4, -0.2) is 127 Å². The lowest BCUT2D eigenvalue weighted by Crippen LogP contribution is -2.06. The van der Waals surface area contributed by atoms with Gasteiger partial charge in [0.05, 0.1) is 53.8 Å². The molecule has 13 aromatic rings. The Morgan fingerprint density at radius 1 is 0.412 bits per heavy atom. The van der Waals surface area contributed by atoms with Gasteiger partial charge in [-0.3, -0.25) is 0 Å². The number of benzene rings is 5. The van der Waals surface area contributed by atoms with Crippen molar-refractivity contribution in [2.45, 2.75) is 193 Å². The van der Waals surface area contributed by atoms with Gasteiger partial charge in [0.15, 0.2) is 0 Å². The number of aryl methyl sites for hydroxylation is 3. The van der Waals surface area contributed by atoms with Crippen LogP contribution in [0.3, 0.4) is 0 Å². The maximum atomic E-state index is 4.91. The molecule has 0 unspecified atom stereocenters. The molecule has 13 rings (SSSR count). The fourth-order valence-corrected chi connectivity index (χ4v) is 9.73. The minimum absolute atomic E-state index is 0.273. The molecule has 0 atom stereocenters. The molecule has 0 fully saturated rings. The third-order valence-corrected chi connectivity index (χ3v) is 14.8. The quantitative estimate of drug-likeness (QED) is 0.0980. The molecule has 0 saturated heterocycles. The molecule has 25 heteroatoms. The first-order chi connectivity index (χ1) is 46.6. The molecule has 0 aliphatic heterocycles. The summed E-state index contributed by atoms with van der Waals surface area (Å²) in [4.78, 5) is 0. The molecule has 8 aromatic heterocycles. The van der Waals surface area contributed by atoms with E-state index in [1.807, 2.05) is 149 Å². The van der Waals surface area contributed by atoms with Crippen molar-refractivity contribution in [1.82, 2.24) is 120 Å². The topological polar surface area (TPSA) is 255 Å². The second kappa shape index (κ2) is 38.3. The summed E-state index contributed by atoms with van der Waals surface area (Å²) in [6.45, 7) is 40.2. The van der Waals surface area contributed by atoms with Crippen molar-refractivity contribution >= 4 is 21.8 Å². The average molecular weight is 1320 g/mol. The van der Waals surface area contributed by atoms with Gasteiger partial charge in [-0.15, -0.1) is 35.7 Å². The lowest BCUT2D eigenvalue weighted by atomic mass is 10.0. The van der Waals surface area contributed by atoms with Crippen molar-refractivity contribution in [2.24, 2.45) is 0 Å². The maximum absolute atomic E-state index is 4.91. The molecule has 0 aliphatic rings. The molecule has 97 heavy (non-hydrogen) atoms. The van der Waals surface area contributed by atoms with E-state index in [0.29, 0.717) is 48.9 Å². The summed E-state index contributed by atoms with van der Waals surface area (Å²) in [6, 6.07) is 50.3. The van der Waals surface area contributed by atoms with E-state index in [4.69, 9.17) is 4.74 Å². The molecule has 0 spiro atoms. The Hall–Kier alpha value is -10.3. The van der Waals surface area contributed by atoms with Crippen molar-refractivity contribution in [3.8, 4) is 33.8 Å². The highest BCUT2D eigenvalue weighted by Crippen LogP contribution is 2.32. The molecule has 8 heterocycles. The molecular formula is C72H100N24O. The van der Waals surface area contributed by atoms with Gasteiger partial charge in [0.2, 0.25) is 0 Å². The van der Waals surface area contributed by atoms with E-state index < -0.39 is 0 Å². The summed E-state index contributed by atoms with van der Waals surface area (Å²) in [5.74, 6) is 0.866. The Balaban J connectivity index is 0.000000178. The van der Waals surface area contributed by atoms with Gasteiger partial charge in [0.25, 0.3) is 0 Å². The molecule has 0 aliphatic carbocycles. The molecule has 25 nitrogen and oxygen atoms in total. The number of fused-ring (bicyclic) bond motifs is 2. The van der Waals surface area contributed by atoms with Gasteiger partial charge in [-0.2, -0.15) is 0 Å². The van der Waals surface area contributed by atoms with Gasteiger partial charge in [0.1, 0.15) is 29.1 Å². The minimum atomic E-state index is 0.273. The third kappa shape index (κ3) is 22.1. The van der Waals surface area contributed by atoms with Crippen LogP contribution in [0, 0.1) is 13.8 Å². The standard InChI is InChI=1S/C17H17N3.C12H15N.C11H13N3.C9H11N3.C7H13N3O.C7H13N3.C5H10N4.C4H8N4/c1-13(2)20-17(15-11-7-4-8-12-15)16(18-19-20)14-9-5-3-6-10-14;1-9(2)13-8-11-6-4-5-7-12(11)10(13)3;1-9(2)14-11(8-12-13-14)10-6-4-3-5-7-10;1-7(2)12-9-6-4-3-5-8(9)10-11-12;1-6(2)10-4-7(5-11-3)8-9-10;1-4-7-5-8-9-10(7)6(2)3;1-4(2)9-5(3)6-7-8-9;1-4(2)8-3-5-6-7-8/h3-13H,1-2H3;4-9H,1-3H3;3-9H,1-2H3;3-7H,1-2H3;4,6H,5H2,1-3H3;5-6H,4H2,1-3H3;4H,1-3H3;3-4H,1-2H3. The highest BCUT2D eigenvalue weighted by Gasteiger charge is 2.18. The molecule has 514 valence electrons. The summed E-state index contributed by atoms with van der Waals surface area (Å²) in [5.41, 5.74) is 12.0.